The number of aromatic nitrogens is 2. The zero-order valence-electron chi connectivity index (χ0n) is 20.0. The van der Waals surface area contributed by atoms with E-state index in [4.69, 9.17) is 14.2 Å². The summed E-state index contributed by atoms with van der Waals surface area (Å²) in [7, 11) is 0. The molecule has 1 amide bonds. The molecule has 0 spiro atoms. The summed E-state index contributed by atoms with van der Waals surface area (Å²) < 4.78 is 12.4. The van der Waals surface area contributed by atoms with Gasteiger partial charge in [0.2, 0.25) is 0 Å². The van der Waals surface area contributed by atoms with E-state index < -0.39 is 0 Å². The second kappa shape index (κ2) is 9.35. The van der Waals surface area contributed by atoms with Gasteiger partial charge in [0.15, 0.2) is 11.5 Å². The number of hydrogen-bond donors (Lipinski definition) is 1. The Balaban J connectivity index is 1.28. The van der Waals surface area contributed by atoms with Crippen molar-refractivity contribution in [3.8, 4) is 27.6 Å². The summed E-state index contributed by atoms with van der Waals surface area (Å²) in [5.41, 5.74) is 5.92. The Hall–Kier alpha value is -3.97. The van der Waals surface area contributed by atoms with Crippen molar-refractivity contribution in [1.82, 2.24) is 10.1 Å². The number of hydrogen-bond acceptors (Lipinski definition) is 6. The van der Waals surface area contributed by atoms with Gasteiger partial charge in [-0.25, -0.2) is 4.98 Å². The second-order valence-corrected chi connectivity index (χ2v) is 9.78. The normalized spacial score (nSPS) is 11.2. The zero-order chi connectivity index (χ0) is 24.5. The Kier molecular flexibility index (Phi) is 6.09. The van der Waals surface area contributed by atoms with Crippen LogP contribution >= 0.6 is 11.3 Å². The van der Waals surface area contributed by atoms with Gasteiger partial charge >= 0.3 is 0 Å². The maximum Gasteiger partial charge on any atom is 0.277 e. The van der Waals surface area contributed by atoms with E-state index in [0.717, 1.165) is 37.7 Å². The number of aryl methyl sites for hydroxylation is 2. The summed E-state index contributed by atoms with van der Waals surface area (Å²) in [6, 6.07) is 21.3. The third-order valence-corrected chi connectivity index (χ3v) is 6.57. The van der Waals surface area contributed by atoms with Crippen LogP contribution < -0.4 is 10.1 Å². The first-order chi connectivity index (χ1) is 16.9. The van der Waals surface area contributed by atoms with Crippen LogP contribution in [-0.2, 0) is 0 Å². The molecule has 2 aromatic heterocycles. The minimum Gasteiger partial charge on any atom is -0.491 e. The lowest BCUT2D eigenvalue weighted by molar-refractivity contribution is 0.101. The van der Waals surface area contributed by atoms with E-state index in [-0.39, 0.29) is 17.7 Å². The largest absolute Gasteiger partial charge is 0.491 e. The Morgan fingerprint density at radius 1 is 0.971 bits per heavy atom. The van der Waals surface area contributed by atoms with Gasteiger partial charge in [0.25, 0.3) is 5.91 Å². The van der Waals surface area contributed by atoms with Gasteiger partial charge in [0, 0.05) is 22.9 Å². The molecule has 5 aromatic rings. The topological polar surface area (TPSA) is 77.2 Å². The average Bonchev–Trinajstić information content (AvgIpc) is 3.48. The lowest BCUT2D eigenvalue weighted by Crippen LogP contribution is -2.11. The van der Waals surface area contributed by atoms with Crippen molar-refractivity contribution in [2.45, 2.75) is 33.8 Å². The van der Waals surface area contributed by atoms with E-state index in [1.807, 2.05) is 69.3 Å². The quantitative estimate of drug-likeness (QED) is 0.275. The second-order valence-electron chi connectivity index (χ2n) is 8.74. The lowest BCUT2D eigenvalue weighted by Gasteiger charge is -2.12. The molecule has 2 heterocycles. The number of thiazole rings is 1. The summed E-state index contributed by atoms with van der Waals surface area (Å²) in [6.07, 6.45) is 0.0969. The first-order valence-electron chi connectivity index (χ1n) is 11.4. The molecule has 0 bridgehead atoms. The fourth-order valence-electron chi connectivity index (χ4n) is 3.75. The van der Waals surface area contributed by atoms with Gasteiger partial charge in [-0.15, -0.1) is 11.3 Å². The number of nitrogens with zero attached hydrogens (tertiary/aromatic N) is 2. The molecule has 0 atom stereocenters. The van der Waals surface area contributed by atoms with Gasteiger partial charge in [0.1, 0.15) is 10.8 Å². The highest BCUT2D eigenvalue weighted by Crippen LogP contribution is 2.32. The molecule has 0 radical (unpaired) electrons. The molecule has 3 aromatic carbocycles. The number of anilines is 1. The van der Waals surface area contributed by atoms with Crippen LogP contribution in [0.2, 0.25) is 0 Å². The Morgan fingerprint density at radius 2 is 1.74 bits per heavy atom. The van der Waals surface area contributed by atoms with Gasteiger partial charge in [-0.3, -0.25) is 4.79 Å². The van der Waals surface area contributed by atoms with Crippen molar-refractivity contribution in [2.24, 2.45) is 0 Å². The average molecular weight is 484 g/mol. The van der Waals surface area contributed by atoms with Gasteiger partial charge in [-0.1, -0.05) is 11.2 Å². The number of carbonyl (C=O) groups is 1. The summed E-state index contributed by atoms with van der Waals surface area (Å²) in [4.78, 5) is 17.5. The predicted molar refractivity (Wildman–Crippen MR) is 140 cm³/mol. The summed E-state index contributed by atoms with van der Waals surface area (Å²) in [6.45, 7) is 8.03. The van der Waals surface area contributed by atoms with Crippen molar-refractivity contribution in [3.05, 3.63) is 83.6 Å². The van der Waals surface area contributed by atoms with Gasteiger partial charge < -0.3 is 14.6 Å². The van der Waals surface area contributed by atoms with Crippen molar-refractivity contribution >= 4 is 33.1 Å². The van der Waals surface area contributed by atoms with Crippen molar-refractivity contribution in [1.29, 1.82) is 0 Å². The van der Waals surface area contributed by atoms with Crippen molar-refractivity contribution in [2.75, 3.05) is 5.32 Å². The van der Waals surface area contributed by atoms with E-state index in [0.29, 0.717) is 11.4 Å². The van der Waals surface area contributed by atoms with E-state index in [9.17, 15) is 4.79 Å². The molecular formula is C28H25N3O3S. The van der Waals surface area contributed by atoms with Crippen LogP contribution in [0.4, 0.5) is 5.69 Å². The highest BCUT2D eigenvalue weighted by Gasteiger charge is 2.15. The molecule has 0 fully saturated rings. The molecule has 0 aliphatic heterocycles. The maximum absolute atomic E-state index is 12.7. The predicted octanol–water partition coefficient (Wildman–Crippen LogP) is 7.27. The summed E-state index contributed by atoms with van der Waals surface area (Å²) in [5.74, 6) is 1.01. The van der Waals surface area contributed by atoms with Crippen molar-refractivity contribution < 1.29 is 14.1 Å². The monoisotopic (exact) mass is 483 g/mol. The number of rotatable bonds is 6. The molecule has 0 aliphatic rings. The minimum atomic E-state index is -0.334. The number of nitrogens with one attached hydrogen (secondary N) is 1. The molecule has 6 nitrogen and oxygen atoms in total. The number of fused-ring (bicyclic) bond motifs is 1. The van der Waals surface area contributed by atoms with Gasteiger partial charge in [0.05, 0.1) is 16.3 Å². The Bertz CT molecular complexity index is 1520. The number of ether oxygens (including phenoxy) is 1. The lowest BCUT2D eigenvalue weighted by atomic mass is 10.1. The molecule has 7 heteroatoms. The van der Waals surface area contributed by atoms with Crippen LogP contribution in [0.3, 0.4) is 0 Å². The SMILES string of the molecule is Cc1ccc2nc(-c3ccc(NC(=O)c4cc(-c5ccc(OC(C)C)c(C)c5)on4)cc3)sc2c1. The van der Waals surface area contributed by atoms with Crippen molar-refractivity contribution in [3.63, 3.8) is 0 Å². The fourth-order valence-corrected chi connectivity index (χ4v) is 4.82. The smallest absolute Gasteiger partial charge is 0.277 e. The fraction of sp³-hybridized carbons (Fsp3) is 0.179. The van der Waals surface area contributed by atoms with E-state index in [2.05, 4.69) is 29.5 Å². The first kappa shape index (κ1) is 22.8. The van der Waals surface area contributed by atoms with Crippen LogP contribution in [-0.4, -0.2) is 22.2 Å². The highest BCUT2D eigenvalue weighted by atomic mass is 32.1. The summed E-state index contributed by atoms with van der Waals surface area (Å²) in [5, 5.41) is 7.79. The molecular weight excluding hydrogens is 458 g/mol. The van der Waals surface area contributed by atoms with Crippen LogP contribution in [0.5, 0.6) is 5.75 Å². The van der Waals surface area contributed by atoms with Gasteiger partial charge in [-0.2, -0.15) is 0 Å². The zero-order valence-corrected chi connectivity index (χ0v) is 20.8. The first-order valence-corrected chi connectivity index (χ1v) is 12.2. The molecule has 5 rings (SSSR count). The van der Waals surface area contributed by atoms with E-state index in [1.54, 1.807) is 17.4 Å². The Morgan fingerprint density at radius 3 is 2.49 bits per heavy atom. The van der Waals surface area contributed by atoms with E-state index >= 15 is 0 Å². The van der Waals surface area contributed by atoms with Crippen LogP contribution in [0.25, 0.3) is 32.1 Å². The molecule has 1 N–H and O–H groups in total. The highest BCUT2D eigenvalue weighted by molar-refractivity contribution is 7.21. The van der Waals surface area contributed by atoms with Gasteiger partial charge in [-0.05, 0) is 93.4 Å². The molecule has 176 valence electrons. The molecule has 0 unspecified atom stereocenters. The number of amides is 1. The number of benzene rings is 3. The third-order valence-electron chi connectivity index (χ3n) is 5.50. The van der Waals surface area contributed by atoms with E-state index in [1.165, 1.54) is 5.56 Å². The van der Waals surface area contributed by atoms with Crippen LogP contribution in [0.1, 0.15) is 35.5 Å². The molecule has 0 aliphatic carbocycles. The molecule has 0 saturated heterocycles. The maximum atomic E-state index is 12.7. The van der Waals surface area contributed by atoms with Crippen LogP contribution in [0.15, 0.2) is 71.3 Å². The minimum absolute atomic E-state index is 0.0969. The standard InChI is InChI=1S/C28H25N3O3S/c1-16(2)33-24-12-8-20(14-18(24)4)25-15-23(31-34-25)27(32)29-21-9-6-19(7-10-21)28-30-22-11-5-17(3)13-26(22)35-28/h5-16H,1-4H3,(H,29,32). The molecule has 0 saturated carbocycles. The molecule has 35 heavy (non-hydrogen) atoms. The Labute approximate surface area is 207 Å². The summed E-state index contributed by atoms with van der Waals surface area (Å²) >= 11 is 1.66. The third kappa shape index (κ3) is 4.95. The van der Waals surface area contributed by atoms with Crippen LogP contribution in [0, 0.1) is 13.8 Å². The number of carbonyl (C=O) groups excluding carboxylic acids is 1.